The Morgan fingerprint density at radius 1 is 1.19 bits per heavy atom. The molecule has 1 aromatic carbocycles. The lowest BCUT2D eigenvalue weighted by atomic mass is 10.2. The molecule has 0 atom stereocenters. The summed E-state index contributed by atoms with van der Waals surface area (Å²) >= 11 is 6.07. The number of carbonyl (C=O) groups excluding carboxylic acids is 1. The van der Waals surface area contributed by atoms with Gasteiger partial charge in [0.15, 0.2) is 0 Å². The largest absolute Gasteiger partial charge is 0.368 e. The quantitative estimate of drug-likeness (QED) is 0.817. The Labute approximate surface area is 165 Å². The summed E-state index contributed by atoms with van der Waals surface area (Å²) in [5.74, 6) is 0.604. The van der Waals surface area contributed by atoms with Gasteiger partial charge in [0.2, 0.25) is 0 Å². The lowest BCUT2D eigenvalue weighted by molar-refractivity contribution is 0.0740. The number of amides is 1. The normalized spacial score (nSPS) is 14.5. The Morgan fingerprint density at radius 2 is 1.96 bits per heavy atom. The van der Waals surface area contributed by atoms with E-state index in [1.165, 1.54) is 0 Å². The van der Waals surface area contributed by atoms with E-state index >= 15 is 0 Å². The fourth-order valence-electron chi connectivity index (χ4n) is 2.94. The van der Waals surface area contributed by atoms with Crippen molar-refractivity contribution in [3.05, 3.63) is 47.4 Å². The molecule has 1 fully saturated rings. The van der Waals surface area contributed by atoms with Gasteiger partial charge in [0.25, 0.3) is 5.91 Å². The lowest BCUT2D eigenvalue weighted by Gasteiger charge is -2.36. The molecule has 144 valence electrons. The number of carbonyl (C=O) groups is 1. The van der Waals surface area contributed by atoms with Crippen LogP contribution in [0.1, 0.15) is 10.5 Å². The molecule has 1 N–H and O–H groups in total. The van der Waals surface area contributed by atoms with Crippen LogP contribution in [0.15, 0.2) is 36.7 Å². The molecule has 7 nitrogen and oxygen atoms in total. The standard InChI is InChI=1S/C19H25ClN6O/c1-24(2)7-6-21-18-14-22-17(13-23-18)19(27)26-10-8-25(9-11-26)16-5-3-4-15(20)12-16/h3-5,12-14H,6-11H2,1-2H3,(H,21,23). The topological polar surface area (TPSA) is 64.6 Å². The van der Waals surface area contributed by atoms with Gasteiger partial charge < -0.3 is 20.0 Å². The molecule has 0 saturated carbocycles. The average Bonchev–Trinajstić information content (AvgIpc) is 2.68. The first-order valence-corrected chi connectivity index (χ1v) is 9.41. The minimum absolute atomic E-state index is 0.0758. The molecule has 27 heavy (non-hydrogen) atoms. The minimum atomic E-state index is -0.0758. The maximum atomic E-state index is 12.7. The van der Waals surface area contributed by atoms with Crippen molar-refractivity contribution in [3.63, 3.8) is 0 Å². The number of aromatic nitrogens is 2. The van der Waals surface area contributed by atoms with Crippen LogP contribution >= 0.6 is 11.6 Å². The van der Waals surface area contributed by atoms with Gasteiger partial charge in [0.05, 0.1) is 12.4 Å². The van der Waals surface area contributed by atoms with E-state index < -0.39 is 0 Å². The molecule has 8 heteroatoms. The molecule has 2 heterocycles. The predicted molar refractivity (Wildman–Crippen MR) is 109 cm³/mol. The second kappa shape index (κ2) is 9.01. The van der Waals surface area contributed by atoms with Crippen LogP contribution in [0.25, 0.3) is 0 Å². The van der Waals surface area contributed by atoms with E-state index in [1.807, 2.05) is 43.3 Å². The highest BCUT2D eigenvalue weighted by molar-refractivity contribution is 6.30. The van der Waals surface area contributed by atoms with Crippen LogP contribution in [0.5, 0.6) is 0 Å². The third-order valence-electron chi connectivity index (χ3n) is 4.48. The number of hydrogen-bond acceptors (Lipinski definition) is 6. The number of likely N-dealkylation sites (N-methyl/N-ethyl adjacent to an activating group) is 1. The summed E-state index contributed by atoms with van der Waals surface area (Å²) in [6.45, 7) is 4.51. The number of nitrogens with zero attached hydrogens (tertiary/aromatic N) is 5. The van der Waals surface area contributed by atoms with Crippen LogP contribution in [0.3, 0.4) is 0 Å². The van der Waals surface area contributed by atoms with Crippen LogP contribution in [0, 0.1) is 0 Å². The molecule has 0 aliphatic carbocycles. The van der Waals surface area contributed by atoms with Gasteiger partial charge in [-0.1, -0.05) is 17.7 Å². The molecule has 1 saturated heterocycles. The van der Waals surface area contributed by atoms with Gasteiger partial charge in [-0.15, -0.1) is 0 Å². The molecule has 0 bridgehead atoms. The van der Waals surface area contributed by atoms with Crippen molar-refractivity contribution in [3.8, 4) is 0 Å². The van der Waals surface area contributed by atoms with E-state index in [9.17, 15) is 4.79 Å². The van der Waals surface area contributed by atoms with E-state index in [0.717, 1.165) is 36.9 Å². The fourth-order valence-corrected chi connectivity index (χ4v) is 3.12. The highest BCUT2D eigenvalue weighted by Gasteiger charge is 2.23. The van der Waals surface area contributed by atoms with Crippen LogP contribution in [-0.2, 0) is 0 Å². The Kier molecular flexibility index (Phi) is 6.47. The number of piperazine rings is 1. The van der Waals surface area contributed by atoms with Gasteiger partial charge in [-0.3, -0.25) is 4.79 Å². The first-order valence-electron chi connectivity index (χ1n) is 9.03. The smallest absolute Gasteiger partial charge is 0.274 e. The first-order chi connectivity index (χ1) is 13.0. The monoisotopic (exact) mass is 388 g/mol. The molecular weight excluding hydrogens is 364 g/mol. The number of anilines is 2. The van der Waals surface area contributed by atoms with Gasteiger partial charge in [-0.2, -0.15) is 0 Å². The molecule has 1 aliphatic heterocycles. The van der Waals surface area contributed by atoms with Crippen molar-refractivity contribution in [2.75, 3.05) is 63.6 Å². The molecule has 0 spiro atoms. The van der Waals surface area contributed by atoms with E-state index in [2.05, 4.69) is 25.1 Å². The van der Waals surface area contributed by atoms with Gasteiger partial charge >= 0.3 is 0 Å². The Morgan fingerprint density at radius 3 is 2.59 bits per heavy atom. The number of nitrogens with one attached hydrogen (secondary N) is 1. The van der Waals surface area contributed by atoms with Gasteiger partial charge in [0, 0.05) is 50.0 Å². The zero-order valence-corrected chi connectivity index (χ0v) is 16.5. The molecule has 0 unspecified atom stereocenters. The highest BCUT2D eigenvalue weighted by atomic mass is 35.5. The Balaban J connectivity index is 1.53. The first kappa shape index (κ1) is 19.4. The third kappa shape index (κ3) is 5.30. The molecule has 1 aliphatic rings. The van der Waals surface area contributed by atoms with Crippen LogP contribution in [0.4, 0.5) is 11.5 Å². The summed E-state index contributed by atoms with van der Waals surface area (Å²) in [4.78, 5) is 27.4. The SMILES string of the molecule is CN(C)CCNc1cnc(C(=O)N2CCN(c3cccc(Cl)c3)CC2)cn1. The van der Waals surface area contributed by atoms with Gasteiger partial charge in [0.1, 0.15) is 11.5 Å². The molecular formula is C19H25ClN6O. The molecule has 3 rings (SSSR count). The van der Waals surface area contributed by atoms with Crippen molar-refractivity contribution in [1.82, 2.24) is 19.8 Å². The number of halogens is 1. The van der Waals surface area contributed by atoms with Crippen molar-refractivity contribution >= 4 is 29.0 Å². The van der Waals surface area contributed by atoms with E-state index in [-0.39, 0.29) is 5.91 Å². The van der Waals surface area contributed by atoms with Crippen molar-refractivity contribution < 1.29 is 4.79 Å². The van der Waals surface area contributed by atoms with Crippen LogP contribution < -0.4 is 10.2 Å². The Bertz CT molecular complexity index is 759. The Hall–Kier alpha value is -2.38. The summed E-state index contributed by atoms with van der Waals surface area (Å²) in [6, 6.07) is 7.80. The van der Waals surface area contributed by atoms with Gasteiger partial charge in [-0.25, -0.2) is 9.97 Å². The van der Waals surface area contributed by atoms with E-state index in [1.54, 1.807) is 12.4 Å². The second-order valence-corrected chi connectivity index (χ2v) is 7.21. The summed E-state index contributed by atoms with van der Waals surface area (Å²) in [6.07, 6.45) is 3.16. The van der Waals surface area contributed by atoms with E-state index in [4.69, 9.17) is 11.6 Å². The number of benzene rings is 1. The molecule has 2 aromatic rings. The second-order valence-electron chi connectivity index (χ2n) is 6.78. The number of hydrogen-bond donors (Lipinski definition) is 1. The summed E-state index contributed by atoms with van der Waals surface area (Å²) in [5, 5.41) is 3.92. The fraction of sp³-hybridized carbons (Fsp3) is 0.421. The maximum absolute atomic E-state index is 12.7. The van der Waals surface area contributed by atoms with Crippen LogP contribution in [-0.4, -0.2) is 79.0 Å². The summed E-state index contributed by atoms with van der Waals surface area (Å²) in [7, 11) is 4.03. The van der Waals surface area contributed by atoms with Crippen molar-refractivity contribution in [2.24, 2.45) is 0 Å². The summed E-state index contributed by atoms with van der Waals surface area (Å²) < 4.78 is 0. The van der Waals surface area contributed by atoms with Crippen molar-refractivity contribution in [1.29, 1.82) is 0 Å². The third-order valence-corrected chi connectivity index (χ3v) is 4.71. The zero-order valence-electron chi connectivity index (χ0n) is 15.7. The lowest BCUT2D eigenvalue weighted by Crippen LogP contribution is -2.49. The number of rotatable bonds is 6. The molecule has 1 aromatic heterocycles. The van der Waals surface area contributed by atoms with Crippen molar-refractivity contribution in [2.45, 2.75) is 0 Å². The zero-order chi connectivity index (χ0) is 19.2. The van der Waals surface area contributed by atoms with Crippen LogP contribution in [0.2, 0.25) is 5.02 Å². The highest BCUT2D eigenvalue weighted by Crippen LogP contribution is 2.21. The molecule has 0 radical (unpaired) electrons. The maximum Gasteiger partial charge on any atom is 0.274 e. The molecule has 1 amide bonds. The minimum Gasteiger partial charge on any atom is -0.368 e. The van der Waals surface area contributed by atoms with Gasteiger partial charge in [-0.05, 0) is 32.3 Å². The van der Waals surface area contributed by atoms with E-state index in [0.29, 0.717) is 24.6 Å². The average molecular weight is 389 g/mol. The summed E-state index contributed by atoms with van der Waals surface area (Å²) in [5.41, 5.74) is 1.46. The predicted octanol–water partition coefficient (Wildman–Crippen LogP) is 2.07.